The minimum atomic E-state index is -0.463. The van der Waals surface area contributed by atoms with Crippen LogP contribution in [0.4, 0.5) is 14.5 Å². The molecule has 3 nitrogen and oxygen atoms in total. The van der Waals surface area contributed by atoms with Crippen LogP contribution in [0, 0.1) is 11.6 Å². The Labute approximate surface area is 138 Å². The zero-order valence-corrected chi connectivity index (χ0v) is 13.6. The molecule has 2 aromatic carbocycles. The summed E-state index contributed by atoms with van der Waals surface area (Å²) in [6.45, 7) is 2.27. The summed E-state index contributed by atoms with van der Waals surface area (Å²) < 4.78 is 26.2. The van der Waals surface area contributed by atoms with E-state index in [0.717, 1.165) is 16.5 Å². The molecule has 23 heavy (non-hydrogen) atoms. The maximum Gasteiger partial charge on any atom is 0.282 e. The van der Waals surface area contributed by atoms with Crippen LogP contribution in [0.15, 0.2) is 42.5 Å². The number of likely N-dealkylation sites (N-methyl/N-ethyl adjacent to an activating group) is 1. The highest BCUT2D eigenvalue weighted by Crippen LogP contribution is 2.22. The summed E-state index contributed by atoms with van der Waals surface area (Å²) in [5.74, 6) is -1.01. The van der Waals surface area contributed by atoms with E-state index in [1.165, 1.54) is 24.3 Å². The van der Waals surface area contributed by atoms with Crippen LogP contribution < -0.4 is 10.2 Å². The highest BCUT2D eigenvalue weighted by molar-refractivity contribution is 6.33. The molecule has 2 aromatic rings. The van der Waals surface area contributed by atoms with Crippen molar-refractivity contribution in [2.24, 2.45) is 0 Å². The number of hydrogen-bond acceptors (Lipinski definition) is 1. The number of hydrogen-bond donors (Lipinski definition) is 2. The van der Waals surface area contributed by atoms with Crippen LogP contribution in [0.25, 0.3) is 0 Å². The lowest BCUT2D eigenvalue weighted by molar-refractivity contribution is -0.907. The Kier molecular flexibility index (Phi) is 5.69. The Bertz CT molecular complexity index is 709. The first-order valence-electron chi connectivity index (χ1n) is 7.19. The average Bonchev–Trinajstić information content (AvgIpc) is 2.49. The van der Waals surface area contributed by atoms with Crippen molar-refractivity contribution in [3.05, 3.63) is 64.7 Å². The summed E-state index contributed by atoms with van der Waals surface area (Å²) in [6, 6.07) is 9.69. The van der Waals surface area contributed by atoms with Crippen LogP contribution in [0.5, 0.6) is 0 Å². The second-order valence-corrected chi connectivity index (χ2v) is 5.90. The van der Waals surface area contributed by atoms with Crippen molar-refractivity contribution in [2.45, 2.75) is 19.5 Å². The van der Waals surface area contributed by atoms with E-state index in [1.54, 1.807) is 13.0 Å². The highest BCUT2D eigenvalue weighted by Gasteiger charge is 2.22. The summed E-state index contributed by atoms with van der Waals surface area (Å²) in [5, 5.41) is 2.83. The average molecular weight is 340 g/mol. The molecule has 1 unspecified atom stereocenters. The van der Waals surface area contributed by atoms with Crippen molar-refractivity contribution >= 4 is 23.2 Å². The van der Waals surface area contributed by atoms with Crippen molar-refractivity contribution in [2.75, 3.05) is 12.4 Å². The van der Waals surface area contributed by atoms with Gasteiger partial charge in [0, 0.05) is 5.56 Å². The van der Waals surface area contributed by atoms with Gasteiger partial charge in [-0.25, -0.2) is 8.78 Å². The molecule has 0 radical (unpaired) electrons. The van der Waals surface area contributed by atoms with Crippen LogP contribution in [-0.4, -0.2) is 19.0 Å². The lowest BCUT2D eigenvalue weighted by Crippen LogP contribution is -3.12. The maximum atomic E-state index is 13.2. The third-order valence-electron chi connectivity index (χ3n) is 3.69. The first-order valence-corrected chi connectivity index (χ1v) is 7.57. The number of carbonyl (C=O) groups is 1. The van der Waals surface area contributed by atoms with Crippen LogP contribution in [0.1, 0.15) is 12.5 Å². The lowest BCUT2D eigenvalue weighted by Gasteiger charge is -2.21. The maximum absolute atomic E-state index is 13.2. The molecule has 2 atom stereocenters. The number of amides is 1. The fourth-order valence-corrected chi connectivity index (χ4v) is 2.39. The minimum Gasteiger partial charge on any atom is -0.324 e. The molecule has 2 N–H and O–H groups in total. The Balaban J connectivity index is 2.01. The van der Waals surface area contributed by atoms with Gasteiger partial charge >= 0.3 is 0 Å². The molecule has 0 fully saturated rings. The molecular weight excluding hydrogens is 322 g/mol. The fourth-order valence-electron chi connectivity index (χ4n) is 2.18. The predicted octanol–water partition coefficient (Wildman–Crippen LogP) is 2.66. The van der Waals surface area contributed by atoms with E-state index in [1.807, 2.05) is 13.1 Å². The van der Waals surface area contributed by atoms with E-state index >= 15 is 0 Å². The zero-order chi connectivity index (χ0) is 17.0. The number of quaternary nitrogens is 1. The molecule has 1 amide bonds. The molecule has 0 saturated carbocycles. The topological polar surface area (TPSA) is 33.5 Å². The van der Waals surface area contributed by atoms with E-state index in [0.29, 0.717) is 12.2 Å². The van der Waals surface area contributed by atoms with Crippen LogP contribution in [0.3, 0.4) is 0 Å². The molecule has 0 aliphatic carbocycles. The molecule has 6 heteroatoms. The van der Waals surface area contributed by atoms with Crippen molar-refractivity contribution in [3.8, 4) is 0 Å². The van der Waals surface area contributed by atoms with E-state index in [9.17, 15) is 13.6 Å². The number of rotatable bonds is 5. The SMILES string of the molecule is C[C@@H](C(=O)Nc1ccc(F)cc1Cl)[NH+](C)Cc1cccc(F)c1. The van der Waals surface area contributed by atoms with Crippen LogP contribution >= 0.6 is 11.6 Å². The van der Waals surface area contributed by atoms with E-state index in [2.05, 4.69) is 5.32 Å². The van der Waals surface area contributed by atoms with Gasteiger partial charge < -0.3 is 10.2 Å². The fraction of sp³-hybridized carbons (Fsp3) is 0.235. The van der Waals surface area contributed by atoms with Gasteiger partial charge in [0.15, 0.2) is 6.04 Å². The molecule has 0 saturated heterocycles. The van der Waals surface area contributed by atoms with Gasteiger partial charge in [-0.05, 0) is 37.3 Å². The predicted molar refractivity (Wildman–Crippen MR) is 86.5 cm³/mol. The van der Waals surface area contributed by atoms with Gasteiger partial charge in [0.1, 0.15) is 18.2 Å². The van der Waals surface area contributed by atoms with Crippen molar-refractivity contribution < 1.29 is 18.5 Å². The number of anilines is 1. The van der Waals surface area contributed by atoms with Gasteiger partial charge in [0.05, 0.1) is 17.8 Å². The van der Waals surface area contributed by atoms with Crippen molar-refractivity contribution in [1.82, 2.24) is 0 Å². The van der Waals surface area contributed by atoms with Gasteiger partial charge in [0.2, 0.25) is 0 Å². The number of carbonyl (C=O) groups excluding carboxylic acids is 1. The summed E-state index contributed by atoms with van der Waals surface area (Å²) in [5.41, 5.74) is 1.17. The molecule has 0 bridgehead atoms. The van der Waals surface area contributed by atoms with Crippen LogP contribution in [-0.2, 0) is 11.3 Å². The summed E-state index contributed by atoms with van der Waals surface area (Å²) >= 11 is 5.90. The Morgan fingerprint density at radius 2 is 1.91 bits per heavy atom. The zero-order valence-electron chi connectivity index (χ0n) is 12.9. The Hall–Kier alpha value is -1.98. The third-order valence-corrected chi connectivity index (χ3v) is 4.01. The highest BCUT2D eigenvalue weighted by atomic mass is 35.5. The second-order valence-electron chi connectivity index (χ2n) is 5.49. The van der Waals surface area contributed by atoms with E-state index in [4.69, 9.17) is 11.6 Å². The molecule has 2 rings (SSSR count). The van der Waals surface area contributed by atoms with Gasteiger partial charge in [0.25, 0.3) is 5.91 Å². The first-order chi connectivity index (χ1) is 10.9. The molecule has 0 aliphatic rings. The number of benzene rings is 2. The number of nitrogens with one attached hydrogen (secondary N) is 2. The third kappa shape index (κ3) is 4.74. The quantitative estimate of drug-likeness (QED) is 0.862. The minimum absolute atomic E-state index is 0.147. The largest absolute Gasteiger partial charge is 0.324 e. The van der Waals surface area contributed by atoms with E-state index < -0.39 is 5.82 Å². The summed E-state index contributed by atoms with van der Waals surface area (Å²) in [7, 11) is 1.85. The lowest BCUT2D eigenvalue weighted by atomic mass is 10.2. The first kappa shape index (κ1) is 17.4. The summed E-state index contributed by atoms with van der Waals surface area (Å²) in [4.78, 5) is 13.2. The van der Waals surface area contributed by atoms with Gasteiger partial charge in [-0.1, -0.05) is 23.7 Å². The molecule has 0 heterocycles. The van der Waals surface area contributed by atoms with Crippen molar-refractivity contribution in [3.63, 3.8) is 0 Å². The molecular formula is C17H18ClF2N2O+. The van der Waals surface area contributed by atoms with Crippen LogP contribution in [0.2, 0.25) is 5.02 Å². The Morgan fingerprint density at radius 3 is 2.57 bits per heavy atom. The Morgan fingerprint density at radius 1 is 1.22 bits per heavy atom. The summed E-state index contributed by atoms with van der Waals surface area (Å²) in [6.07, 6.45) is 0. The molecule has 0 aromatic heterocycles. The number of halogens is 3. The smallest absolute Gasteiger partial charge is 0.282 e. The molecule has 122 valence electrons. The van der Waals surface area contributed by atoms with Crippen molar-refractivity contribution in [1.29, 1.82) is 0 Å². The standard InChI is InChI=1S/C17H17ClF2N2O/c1-11(22(2)10-12-4-3-5-13(19)8-12)17(23)21-16-7-6-14(20)9-15(16)18/h3-9,11H,10H2,1-2H3,(H,21,23)/p+1/t11-/m0/s1. The molecule has 0 aliphatic heterocycles. The normalized spacial score (nSPS) is 13.4. The van der Waals surface area contributed by atoms with Gasteiger partial charge in [-0.3, -0.25) is 4.79 Å². The molecule has 0 spiro atoms. The second kappa shape index (κ2) is 7.53. The van der Waals surface area contributed by atoms with E-state index in [-0.39, 0.29) is 22.8 Å². The van der Waals surface area contributed by atoms with Gasteiger partial charge in [-0.2, -0.15) is 0 Å². The van der Waals surface area contributed by atoms with Gasteiger partial charge in [-0.15, -0.1) is 0 Å². The monoisotopic (exact) mass is 339 g/mol.